The minimum Gasteiger partial charge on any atom is -0.480 e. The van der Waals surface area contributed by atoms with Gasteiger partial charge < -0.3 is 34.7 Å². The van der Waals surface area contributed by atoms with Crippen molar-refractivity contribution in [2.75, 3.05) is 26.8 Å². The Labute approximate surface area is 192 Å². The number of aliphatic carboxylic acids is 1. The molecular formula is C18H34N3O11P. The second-order valence-corrected chi connectivity index (χ2v) is 8.05. The van der Waals surface area contributed by atoms with Crippen LogP contribution in [0.3, 0.4) is 0 Å². The maximum atomic E-state index is 13.4. The molecule has 0 aliphatic heterocycles. The Bertz CT molecular complexity index is 668. The molecule has 3 N–H and O–H groups in total. The van der Waals surface area contributed by atoms with Gasteiger partial charge >= 0.3 is 26.0 Å². The number of hydrogen-bond acceptors (Lipinski definition) is 10. The van der Waals surface area contributed by atoms with Crippen molar-refractivity contribution in [3.8, 4) is 0 Å². The van der Waals surface area contributed by atoms with Crippen LogP contribution < -0.4 is 5.73 Å². The molecule has 0 aliphatic carbocycles. The molecule has 0 aromatic rings. The first-order chi connectivity index (χ1) is 15.5. The van der Waals surface area contributed by atoms with Gasteiger partial charge in [0, 0.05) is 19.9 Å². The number of carboxylic acids is 1. The van der Waals surface area contributed by atoms with Crippen LogP contribution in [0.5, 0.6) is 0 Å². The van der Waals surface area contributed by atoms with Gasteiger partial charge in [0.05, 0.1) is 13.2 Å². The maximum absolute atomic E-state index is 13.4. The second-order valence-electron chi connectivity index (χ2n) is 6.50. The first kappa shape index (κ1) is 30.4. The van der Waals surface area contributed by atoms with Crippen molar-refractivity contribution in [1.82, 2.24) is 4.90 Å². The largest absolute Gasteiger partial charge is 0.510 e. The molecule has 0 rings (SSSR count). The van der Waals surface area contributed by atoms with Crippen LogP contribution in [0.2, 0.25) is 0 Å². The zero-order chi connectivity index (χ0) is 25.4. The van der Waals surface area contributed by atoms with Crippen LogP contribution in [0.4, 0.5) is 9.59 Å². The molecule has 0 bridgehead atoms. The predicted molar refractivity (Wildman–Crippen MR) is 115 cm³/mol. The molecule has 14 nitrogen and oxygen atoms in total. The minimum atomic E-state index is -4.62. The molecule has 0 aromatic heterocycles. The minimum absolute atomic E-state index is 0.0190. The summed E-state index contributed by atoms with van der Waals surface area (Å²) in [6.07, 6.45) is -3.85. The van der Waals surface area contributed by atoms with Crippen molar-refractivity contribution in [3.63, 3.8) is 0 Å². The van der Waals surface area contributed by atoms with E-state index >= 15 is 0 Å². The first-order valence-corrected chi connectivity index (χ1v) is 11.9. The molecule has 0 spiro atoms. The average Bonchev–Trinajstić information content (AvgIpc) is 2.74. The molecule has 2 atom stereocenters. The lowest BCUT2D eigenvalue weighted by Gasteiger charge is -2.25. The SMILES string of the molecule is CCCOC(=O)OC(CC)OP(=O)(/N=C(/N)N(C)CC(=O)O)OC(CC)OC(=O)OCCC. The molecule has 0 radical (unpaired) electrons. The number of hydrogen-bond donors (Lipinski definition) is 2. The van der Waals surface area contributed by atoms with Crippen LogP contribution in [-0.4, -0.2) is 73.6 Å². The highest BCUT2D eigenvalue weighted by molar-refractivity contribution is 7.52. The fraction of sp³-hybridized carbons (Fsp3) is 0.778. The van der Waals surface area contributed by atoms with E-state index in [2.05, 4.69) is 4.76 Å². The Morgan fingerprint density at radius 1 is 0.939 bits per heavy atom. The Kier molecular flexibility index (Phi) is 14.9. The number of ether oxygens (including phenoxy) is 4. The van der Waals surface area contributed by atoms with E-state index in [0.29, 0.717) is 12.8 Å². The van der Waals surface area contributed by atoms with Gasteiger partial charge in [0.2, 0.25) is 18.5 Å². The molecule has 15 heteroatoms. The smallest absolute Gasteiger partial charge is 0.480 e. The van der Waals surface area contributed by atoms with Gasteiger partial charge in [-0.15, -0.1) is 4.76 Å². The monoisotopic (exact) mass is 499 g/mol. The fourth-order valence-electron chi connectivity index (χ4n) is 1.87. The van der Waals surface area contributed by atoms with E-state index < -0.39 is 51.1 Å². The summed E-state index contributed by atoms with van der Waals surface area (Å²) in [5.41, 5.74) is 5.74. The van der Waals surface area contributed by atoms with Gasteiger partial charge in [0.15, 0.2) is 0 Å². The number of likely N-dealkylation sites (N-methyl/N-ethyl adjacent to an activating group) is 1. The van der Waals surface area contributed by atoms with Crippen molar-refractivity contribution < 1.29 is 52.1 Å². The van der Waals surface area contributed by atoms with Gasteiger partial charge in [-0.3, -0.25) is 4.79 Å². The van der Waals surface area contributed by atoms with E-state index in [0.717, 1.165) is 4.90 Å². The quantitative estimate of drug-likeness (QED) is 0.110. The normalized spacial score (nSPS) is 15.0. The number of carbonyl (C=O) groups is 3. The molecule has 0 saturated heterocycles. The van der Waals surface area contributed by atoms with Crippen LogP contribution in [-0.2, 0) is 37.4 Å². The summed E-state index contributed by atoms with van der Waals surface area (Å²) < 4.78 is 47.2. The molecule has 0 heterocycles. The number of carboxylic acid groups (broad SMARTS) is 1. The van der Waals surface area contributed by atoms with E-state index in [9.17, 15) is 18.9 Å². The third-order valence-electron chi connectivity index (χ3n) is 3.46. The van der Waals surface area contributed by atoms with Crippen LogP contribution in [0.1, 0.15) is 53.4 Å². The summed E-state index contributed by atoms with van der Waals surface area (Å²) in [4.78, 5) is 35.4. The van der Waals surface area contributed by atoms with E-state index in [1.807, 2.05) is 0 Å². The lowest BCUT2D eigenvalue weighted by molar-refractivity contribution is -0.137. The molecular weight excluding hydrogens is 465 g/mol. The highest BCUT2D eigenvalue weighted by atomic mass is 31.2. The van der Waals surface area contributed by atoms with Crippen molar-refractivity contribution >= 4 is 32.0 Å². The summed E-state index contributed by atoms with van der Waals surface area (Å²) in [5, 5.41) is 8.91. The van der Waals surface area contributed by atoms with E-state index in [-0.39, 0.29) is 26.1 Å². The van der Waals surface area contributed by atoms with Gasteiger partial charge in [-0.1, -0.05) is 27.7 Å². The molecule has 33 heavy (non-hydrogen) atoms. The Balaban J connectivity index is 5.71. The van der Waals surface area contributed by atoms with Crippen molar-refractivity contribution in [2.24, 2.45) is 10.5 Å². The highest BCUT2D eigenvalue weighted by Gasteiger charge is 2.36. The van der Waals surface area contributed by atoms with Gasteiger partial charge in [0.1, 0.15) is 6.54 Å². The number of carbonyl (C=O) groups excluding carboxylic acids is 2. The van der Waals surface area contributed by atoms with Crippen LogP contribution in [0.15, 0.2) is 4.76 Å². The summed E-state index contributed by atoms with van der Waals surface area (Å²) in [5.74, 6) is -1.73. The third kappa shape index (κ3) is 13.5. The topological polar surface area (TPSA) is 186 Å². The average molecular weight is 499 g/mol. The standard InChI is InChI=1S/C18H34N3O11P/c1-6-10-27-17(24)29-14(8-3)31-33(26,20-16(19)21(5)12-13(22)23)32-15(9-4)30-18(25)28-11-7-2/h14-15H,6-12H2,1-5H3,(H,22,23)(H2,19,20,26). The first-order valence-electron chi connectivity index (χ1n) is 10.4. The van der Waals surface area contributed by atoms with Gasteiger partial charge in [-0.25, -0.2) is 23.2 Å². The highest BCUT2D eigenvalue weighted by Crippen LogP contribution is 2.53. The third-order valence-corrected chi connectivity index (χ3v) is 4.91. The van der Waals surface area contributed by atoms with Crippen molar-refractivity contribution in [3.05, 3.63) is 0 Å². The van der Waals surface area contributed by atoms with E-state index in [1.165, 1.54) is 7.05 Å². The van der Waals surface area contributed by atoms with Crippen molar-refractivity contribution in [2.45, 2.75) is 66.0 Å². The summed E-state index contributed by atoms with van der Waals surface area (Å²) >= 11 is 0. The van der Waals surface area contributed by atoms with Crippen LogP contribution in [0.25, 0.3) is 0 Å². The van der Waals surface area contributed by atoms with E-state index in [4.69, 9.17) is 38.8 Å². The molecule has 0 fully saturated rings. The van der Waals surface area contributed by atoms with Crippen LogP contribution >= 0.6 is 7.75 Å². The van der Waals surface area contributed by atoms with Crippen LogP contribution in [0, 0.1) is 0 Å². The maximum Gasteiger partial charge on any atom is 0.510 e. The number of guanidine groups is 1. The Hall–Kier alpha value is -2.57. The van der Waals surface area contributed by atoms with Gasteiger partial charge in [-0.05, 0) is 12.8 Å². The van der Waals surface area contributed by atoms with Gasteiger partial charge in [0.25, 0.3) is 0 Å². The number of nitrogens with zero attached hydrogens (tertiary/aromatic N) is 2. The summed E-state index contributed by atoms with van der Waals surface area (Å²) in [6, 6.07) is 0. The van der Waals surface area contributed by atoms with Crippen molar-refractivity contribution in [1.29, 1.82) is 0 Å². The van der Waals surface area contributed by atoms with E-state index in [1.54, 1.807) is 27.7 Å². The van der Waals surface area contributed by atoms with Gasteiger partial charge in [-0.2, -0.15) is 0 Å². The Morgan fingerprint density at radius 3 is 1.70 bits per heavy atom. The second kappa shape index (κ2) is 16.1. The Morgan fingerprint density at radius 2 is 1.36 bits per heavy atom. The molecule has 0 amide bonds. The molecule has 0 aromatic carbocycles. The molecule has 192 valence electrons. The zero-order valence-electron chi connectivity index (χ0n) is 19.6. The summed E-state index contributed by atoms with van der Waals surface area (Å²) in [7, 11) is -3.34. The number of rotatable bonds is 15. The molecule has 0 saturated carbocycles. The molecule has 2 unspecified atom stereocenters. The fourth-order valence-corrected chi connectivity index (χ4v) is 3.39. The molecule has 0 aliphatic rings. The lowest BCUT2D eigenvalue weighted by Crippen LogP contribution is -2.37. The summed E-state index contributed by atoms with van der Waals surface area (Å²) in [6.45, 7) is 6.31. The predicted octanol–water partition coefficient (Wildman–Crippen LogP) is 3.06. The lowest BCUT2D eigenvalue weighted by atomic mass is 10.5. The number of nitrogens with two attached hydrogens (primary N) is 1. The zero-order valence-corrected chi connectivity index (χ0v) is 20.4.